The van der Waals surface area contributed by atoms with Gasteiger partial charge in [0.2, 0.25) is 19.7 Å². The number of sulfone groups is 2. The lowest BCUT2D eigenvalue weighted by molar-refractivity contribution is 0.108. The fraction of sp³-hybridized carbons (Fsp3) is 0.250. The molecule has 0 N–H and O–H groups in total. The molecule has 0 bridgehead atoms. The summed E-state index contributed by atoms with van der Waals surface area (Å²) in [7, 11) is -7.43. The van der Waals surface area contributed by atoms with Gasteiger partial charge < -0.3 is 4.74 Å². The lowest BCUT2D eigenvalue weighted by Gasteiger charge is -2.27. The minimum Gasteiger partial charge on any atom is -0.483 e. The van der Waals surface area contributed by atoms with Crippen LogP contribution in [0.5, 0.6) is 5.75 Å². The summed E-state index contributed by atoms with van der Waals surface area (Å²) in [5.74, 6) is 0.472. The maximum atomic E-state index is 13.3. The first-order valence-corrected chi connectivity index (χ1v) is 16.9. The molecule has 216 valence electrons. The Morgan fingerprint density at radius 2 is 0.927 bits per heavy atom. The molecule has 41 heavy (non-hydrogen) atoms. The lowest BCUT2D eigenvalue weighted by Crippen LogP contribution is -2.25. The highest BCUT2D eigenvalue weighted by molar-refractivity contribution is 7.91. The van der Waals surface area contributed by atoms with Crippen molar-refractivity contribution in [1.82, 2.24) is 0 Å². The molecule has 0 heterocycles. The van der Waals surface area contributed by atoms with Gasteiger partial charge in [-0.15, -0.1) is 11.6 Å². The molecular formula is C32H32Cl2O5S2. The van der Waals surface area contributed by atoms with Gasteiger partial charge in [0.05, 0.1) is 24.5 Å². The third kappa shape index (κ3) is 6.49. The summed E-state index contributed by atoms with van der Waals surface area (Å²) in [5, 5.41) is 0.458. The molecule has 0 aliphatic carbocycles. The second-order valence-electron chi connectivity index (χ2n) is 10.3. The lowest BCUT2D eigenvalue weighted by atomic mass is 9.93. The van der Waals surface area contributed by atoms with Crippen LogP contribution < -0.4 is 4.74 Å². The molecule has 0 amide bonds. The van der Waals surface area contributed by atoms with Gasteiger partial charge in [-0.2, -0.15) is 0 Å². The normalized spacial score (nSPS) is 12.7. The summed E-state index contributed by atoms with van der Waals surface area (Å²) in [4.78, 5) is 0.137. The van der Waals surface area contributed by atoms with E-state index in [1.807, 2.05) is 27.7 Å². The van der Waals surface area contributed by atoms with Crippen LogP contribution in [0.3, 0.4) is 0 Å². The molecule has 0 fully saturated rings. The van der Waals surface area contributed by atoms with Gasteiger partial charge in [-0.3, -0.25) is 0 Å². The molecule has 4 aromatic carbocycles. The average molecular weight is 632 g/mol. The maximum Gasteiger partial charge on any atom is 0.206 e. The van der Waals surface area contributed by atoms with Gasteiger partial charge >= 0.3 is 0 Å². The van der Waals surface area contributed by atoms with Crippen LogP contribution in [0.25, 0.3) is 0 Å². The van der Waals surface area contributed by atoms with Crippen LogP contribution in [-0.4, -0.2) is 16.8 Å². The van der Waals surface area contributed by atoms with E-state index >= 15 is 0 Å². The zero-order valence-electron chi connectivity index (χ0n) is 23.3. The van der Waals surface area contributed by atoms with Crippen molar-refractivity contribution in [1.29, 1.82) is 0 Å². The molecule has 0 saturated heterocycles. The van der Waals surface area contributed by atoms with Crippen molar-refractivity contribution in [3.63, 3.8) is 0 Å². The Morgan fingerprint density at radius 3 is 1.32 bits per heavy atom. The summed E-state index contributed by atoms with van der Waals surface area (Å²) in [6, 6.07) is 25.5. The molecule has 0 aliphatic heterocycles. The molecule has 0 atom stereocenters. The number of ether oxygens (including phenoxy) is 1. The predicted molar refractivity (Wildman–Crippen MR) is 163 cm³/mol. The third-order valence-corrected chi connectivity index (χ3v) is 11.9. The summed E-state index contributed by atoms with van der Waals surface area (Å²) >= 11 is 12.6. The van der Waals surface area contributed by atoms with Crippen LogP contribution in [0.2, 0.25) is 5.02 Å². The van der Waals surface area contributed by atoms with Crippen LogP contribution >= 0.6 is 23.2 Å². The minimum absolute atomic E-state index is 0.148. The molecule has 0 aliphatic rings. The van der Waals surface area contributed by atoms with Crippen LogP contribution in [0.1, 0.15) is 51.7 Å². The first-order chi connectivity index (χ1) is 19.2. The standard InChI is InChI=1S/C32H32Cl2O5S2/c1-5-32(34,6-2)24-9-17-28(18-10-24)41(37,38)30-21-13-26(14-22-30)39-31(3,4)23-7-15-27(16-8-23)40(35,36)29-19-11-25(33)12-20-29/h7-22H,5-6H2,1-4H3. The first-order valence-electron chi connectivity index (χ1n) is 13.2. The monoisotopic (exact) mass is 630 g/mol. The van der Waals surface area contributed by atoms with E-state index in [-0.39, 0.29) is 19.6 Å². The fourth-order valence-electron chi connectivity index (χ4n) is 4.55. The smallest absolute Gasteiger partial charge is 0.206 e. The van der Waals surface area contributed by atoms with Crippen LogP contribution in [0.4, 0.5) is 0 Å². The first kappa shape index (κ1) is 31.1. The van der Waals surface area contributed by atoms with E-state index in [2.05, 4.69) is 0 Å². The molecule has 9 heteroatoms. The summed E-state index contributed by atoms with van der Waals surface area (Å²) in [6.45, 7) is 7.72. The summed E-state index contributed by atoms with van der Waals surface area (Å²) < 4.78 is 58.6. The second-order valence-corrected chi connectivity index (χ2v) is 15.3. The molecule has 4 rings (SSSR count). The molecule has 5 nitrogen and oxygen atoms in total. The van der Waals surface area contributed by atoms with E-state index in [0.29, 0.717) is 10.8 Å². The van der Waals surface area contributed by atoms with Crippen LogP contribution in [0, 0.1) is 0 Å². The Balaban J connectivity index is 1.50. The third-order valence-electron chi connectivity index (χ3n) is 7.29. The Hall–Kier alpha value is -2.84. The molecule has 0 unspecified atom stereocenters. The number of halogens is 2. The van der Waals surface area contributed by atoms with E-state index < -0.39 is 30.1 Å². The SMILES string of the molecule is CCC(Cl)(CC)c1ccc(S(=O)(=O)c2ccc(OC(C)(C)c3ccc(S(=O)(=O)c4ccc(Cl)cc4)cc3)cc2)cc1. The van der Waals surface area contributed by atoms with E-state index in [1.54, 1.807) is 60.7 Å². The van der Waals surface area contributed by atoms with Gasteiger partial charge in [0.25, 0.3) is 0 Å². The van der Waals surface area contributed by atoms with Gasteiger partial charge in [-0.05, 0) is 111 Å². The highest BCUT2D eigenvalue weighted by Crippen LogP contribution is 2.37. The number of alkyl halides is 1. The Bertz CT molecular complexity index is 1710. The van der Waals surface area contributed by atoms with Gasteiger partial charge in [0.1, 0.15) is 11.4 Å². The molecule has 0 spiro atoms. The molecule has 0 saturated carbocycles. The maximum absolute atomic E-state index is 13.3. The largest absolute Gasteiger partial charge is 0.483 e. The van der Waals surface area contributed by atoms with E-state index in [4.69, 9.17) is 27.9 Å². The van der Waals surface area contributed by atoms with Crippen molar-refractivity contribution in [3.8, 4) is 5.75 Å². The molecular weight excluding hydrogens is 599 g/mol. The van der Waals surface area contributed by atoms with Crippen molar-refractivity contribution in [3.05, 3.63) is 113 Å². The van der Waals surface area contributed by atoms with E-state index in [0.717, 1.165) is 24.0 Å². The van der Waals surface area contributed by atoms with Gasteiger partial charge in [-0.25, -0.2) is 16.8 Å². The van der Waals surface area contributed by atoms with Crippen molar-refractivity contribution in [2.45, 2.75) is 70.6 Å². The Labute approximate surface area is 252 Å². The topological polar surface area (TPSA) is 77.5 Å². The number of benzene rings is 4. The zero-order valence-corrected chi connectivity index (χ0v) is 26.4. The molecule has 0 radical (unpaired) electrons. The fourth-order valence-corrected chi connectivity index (χ4v) is 7.33. The van der Waals surface area contributed by atoms with Crippen molar-refractivity contribution in [2.75, 3.05) is 0 Å². The minimum atomic E-state index is -3.73. The van der Waals surface area contributed by atoms with Gasteiger partial charge in [-0.1, -0.05) is 49.7 Å². The number of hydrogen-bond acceptors (Lipinski definition) is 5. The van der Waals surface area contributed by atoms with Crippen LogP contribution in [0.15, 0.2) is 117 Å². The van der Waals surface area contributed by atoms with Crippen LogP contribution in [-0.2, 0) is 30.1 Å². The van der Waals surface area contributed by atoms with Gasteiger partial charge in [0, 0.05) is 5.02 Å². The zero-order chi connectivity index (χ0) is 30.1. The Kier molecular flexibility index (Phi) is 8.95. The second kappa shape index (κ2) is 11.8. The molecule has 0 aromatic heterocycles. The van der Waals surface area contributed by atoms with Crippen molar-refractivity contribution in [2.24, 2.45) is 0 Å². The summed E-state index contributed by atoms with van der Waals surface area (Å²) in [5.41, 5.74) is 0.814. The predicted octanol–water partition coefficient (Wildman–Crippen LogP) is 8.57. The van der Waals surface area contributed by atoms with E-state index in [9.17, 15) is 16.8 Å². The number of rotatable bonds is 10. The Morgan fingerprint density at radius 1 is 0.585 bits per heavy atom. The number of hydrogen-bond donors (Lipinski definition) is 0. The summed E-state index contributed by atoms with van der Waals surface area (Å²) in [6.07, 6.45) is 1.48. The van der Waals surface area contributed by atoms with Crippen molar-refractivity contribution < 1.29 is 21.6 Å². The van der Waals surface area contributed by atoms with Gasteiger partial charge in [0.15, 0.2) is 0 Å². The highest BCUT2D eigenvalue weighted by atomic mass is 35.5. The van der Waals surface area contributed by atoms with Crippen molar-refractivity contribution >= 4 is 42.9 Å². The quantitative estimate of drug-likeness (QED) is 0.164. The average Bonchev–Trinajstić information content (AvgIpc) is 2.97. The van der Waals surface area contributed by atoms with E-state index in [1.165, 1.54) is 36.4 Å². The highest BCUT2D eigenvalue weighted by Gasteiger charge is 2.27. The molecule has 4 aromatic rings.